The standard InChI is InChI=1S/C20H21ClN2O5/c1-10-11(2)13(4)19(14(5)12(10)3)20(25)28-9-18(24)22-15-6-7-16(21)17(8-15)23(26)27/h6-8H,9H2,1-5H3,(H,22,24). The van der Waals surface area contributed by atoms with Crippen molar-refractivity contribution in [2.24, 2.45) is 0 Å². The summed E-state index contributed by atoms with van der Waals surface area (Å²) < 4.78 is 5.16. The third kappa shape index (κ3) is 4.31. The maximum absolute atomic E-state index is 12.5. The molecule has 28 heavy (non-hydrogen) atoms. The molecule has 0 saturated heterocycles. The first-order valence-electron chi connectivity index (χ1n) is 8.52. The lowest BCUT2D eigenvalue weighted by atomic mass is 9.90. The van der Waals surface area contributed by atoms with Gasteiger partial charge in [0.1, 0.15) is 5.02 Å². The van der Waals surface area contributed by atoms with Gasteiger partial charge in [-0.2, -0.15) is 0 Å². The van der Waals surface area contributed by atoms with E-state index in [1.807, 2.05) is 34.6 Å². The van der Waals surface area contributed by atoms with Crippen LogP contribution < -0.4 is 5.32 Å². The first-order chi connectivity index (χ1) is 13.0. The normalized spacial score (nSPS) is 10.5. The fourth-order valence-corrected chi connectivity index (χ4v) is 3.12. The lowest BCUT2D eigenvalue weighted by Gasteiger charge is -2.17. The third-order valence-electron chi connectivity index (χ3n) is 4.97. The smallest absolute Gasteiger partial charge is 0.339 e. The Morgan fingerprint density at radius 2 is 1.57 bits per heavy atom. The predicted molar refractivity (Wildman–Crippen MR) is 107 cm³/mol. The van der Waals surface area contributed by atoms with E-state index in [0.717, 1.165) is 33.9 Å². The van der Waals surface area contributed by atoms with Gasteiger partial charge in [0.2, 0.25) is 0 Å². The van der Waals surface area contributed by atoms with Crippen molar-refractivity contribution >= 4 is 34.9 Å². The zero-order valence-electron chi connectivity index (χ0n) is 16.3. The molecule has 1 N–H and O–H groups in total. The number of carbonyl (C=O) groups is 2. The van der Waals surface area contributed by atoms with Crippen LogP contribution in [0, 0.1) is 44.7 Å². The average molecular weight is 405 g/mol. The van der Waals surface area contributed by atoms with E-state index in [9.17, 15) is 19.7 Å². The molecule has 2 rings (SSSR count). The van der Waals surface area contributed by atoms with Gasteiger partial charge >= 0.3 is 5.97 Å². The molecule has 0 aromatic heterocycles. The molecule has 0 aliphatic rings. The molecular formula is C20H21ClN2O5. The number of amides is 1. The van der Waals surface area contributed by atoms with E-state index in [-0.39, 0.29) is 16.4 Å². The van der Waals surface area contributed by atoms with E-state index in [4.69, 9.17) is 16.3 Å². The molecule has 0 aliphatic carbocycles. The molecule has 0 saturated carbocycles. The van der Waals surface area contributed by atoms with Gasteiger partial charge in [-0.1, -0.05) is 11.6 Å². The van der Waals surface area contributed by atoms with Gasteiger partial charge < -0.3 is 10.1 Å². The van der Waals surface area contributed by atoms with Gasteiger partial charge in [-0.25, -0.2) is 4.79 Å². The van der Waals surface area contributed by atoms with Crippen molar-refractivity contribution in [2.45, 2.75) is 34.6 Å². The predicted octanol–water partition coefficient (Wildman–Crippen LogP) is 4.59. The highest BCUT2D eigenvalue weighted by Crippen LogP contribution is 2.28. The van der Waals surface area contributed by atoms with E-state index in [1.165, 1.54) is 12.1 Å². The third-order valence-corrected chi connectivity index (χ3v) is 5.28. The maximum Gasteiger partial charge on any atom is 0.339 e. The molecule has 0 unspecified atom stereocenters. The molecule has 8 heteroatoms. The molecule has 0 bridgehead atoms. The maximum atomic E-state index is 12.5. The summed E-state index contributed by atoms with van der Waals surface area (Å²) in [5.41, 5.74) is 5.09. The average Bonchev–Trinajstić information content (AvgIpc) is 2.64. The molecule has 0 spiro atoms. The fraction of sp³-hybridized carbons (Fsp3) is 0.300. The molecule has 0 aliphatic heterocycles. The highest BCUT2D eigenvalue weighted by Gasteiger charge is 2.20. The van der Waals surface area contributed by atoms with Crippen molar-refractivity contribution in [3.63, 3.8) is 0 Å². The Balaban J connectivity index is 2.11. The summed E-state index contributed by atoms with van der Waals surface area (Å²) in [7, 11) is 0. The van der Waals surface area contributed by atoms with E-state index in [1.54, 1.807) is 0 Å². The van der Waals surface area contributed by atoms with E-state index in [0.29, 0.717) is 5.56 Å². The van der Waals surface area contributed by atoms with E-state index in [2.05, 4.69) is 5.32 Å². The van der Waals surface area contributed by atoms with Gasteiger partial charge in [0.25, 0.3) is 11.6 Å². The van der Waals surface area contributed by atoms with Crippen LogP contribution in [0.25, 0.3) is 0 Å². The quantitative estimate of drug-likeness (QED) is 0.446. The second-order valence-electron chi connectivity index (χ2n) is 6.55. The van der Waals surface area contributed by atoms with Crippen molar-refractivity contribution in [1.29, 1.82) is 0 Å². The fourth-order valence-electron chi connectivity index (χ4n) is 2.94. The summed E-state index contributed by atoms with van der Waals surface area (Å²) in [5, 5.41) is 13.3. The van der Waals surface area contributed by atoms with E-state index >= 15 is 0 Å². The van der Waals surface area contributed by atoms with Crippen LogP contribution in [0.15, 0.2) is 18.2 Å². The Bertz CT molecular complexity index is 956. The molecule has 7 nitrogen and oxygen atoms in total. The van der Waals surface area contributed by atoms with Crippen molar-refractivity contribution in [3.8, 4) is 0 Å². The van der Waals surface area contributed by atoms with Crippen molar-refractivity contribution in [1.82, 2.24) is 0 Å². The number of hydrogen-bond acceptors (Lipinski definition) is 5. The Morgan fingerprint density at radius 3 is 2.11 bits per heavy atom. The Hall–Kier alpha value is -2.93. The number of anilines is 1. The topological polar surface area (TPSA) is 98.5 Å². The molecule has 1 amide bonds. The number of hydrogen-bond donors (Lipinski definition) is 1. The molecular weight excluding hydrogens is 384 g/mol. The van der Waals surface area contributed by atoms with Gasteiger partial charge in [-0.3, -0.25) is 14.9 Å². The van der Waals surface area contributed by atoms with Gasteiger partial charge in [-0.05, 0) is 74.6 Å². The number of nitrogens with zero attached hydrogens (tertiary/aromatic N) is 1. The summed E-state index contributed by atoms with van der Waals surface area (Å²) in [5.74, 6) is -1.20. The van der Waals surface area contributed by atoms with Crippen LogP contribution in [0.5, 0.6) is 0 Å². The molecule has 2 aromatic rings. The SMILES string of the molecule is Cc1c(C)c(C)c(C(=O)OCC(=O)Nc2ccc(Cl)c([N+](=O)[O-])c2)c(C)c1C. The summed E-state index contributed by atoms with van der Waals surface area (Å²) >= 11 is 5.74. The minimum Gasteiger partial charge on any atom is -0.452 e. The summed E-state index contributed by atoms with van der Waals surface area (Å²) in [6.45, 7) is 9.05. The Kier molecular flexibility index (Phi) is 6.41. The van der Waals surface area contributed by atoms with Crippen LogP contribution in [-0.4, -0.2) is 23.4 Å². The van der Waals surface area contributed by atoms with Gasteiger partial charge in [-0.15, -0.1) is 0 Å². The number of nitro benzene ring substituents is 1. The molecule has 148 valence electrons. The summed E-state index contributed by atoms with van der Waals surface area (Å²) in [4.78, 5) is 34.9. The van der Waals surface area contributed by atoms with Crippen molar-refractivity contribution < 1.29 is 19.2 Å². The van der Waals surface area contributed by atoms with Crippen LogP contribution in [0.3, 0.4) is 0 Å². The minimum absolute atomic E-state index is 0.0366. The Labute approximate surface area is 167 Å². The van der Waals surface area contributed by atoms with E-state index < -0.39 is 23.4 Å². The summed E-state index contributed by atoms with van der Waals surface area (Å²) in [6.07, 6.45) is 0. The van der Waals surface area contributed by atoms with Crippen molar-refractivity contribution in [2.75, 3.05) is 11.9 Å². The number of rotatable bonds is 5. The number of benzene rings is 2. The molecule has 0 radical (unpaired) electrons. The number of nitrogens with one attached hydrogen (secondary N) is 1. The summed E-state index contributed by atoms with van der Waals surface area (Å²) in [6, 6.07) is 3.88. The molecule has 0 fully saturated rings. The lowest BCUT2D eigenvalue weighted by molar-refractivity contribution is -0.384. The van der Waals surface area contributed by atoms with Crippen LogP contribution in [0.1, 0.15) is 38.2 Å². The number of esters is 1. The van der Waals surface area contributed by atoms with Crippen molar-refractivity contribution in [3.05, 3.63) is 66.7 Å². The van der Waals surface area contributed by atoms with Crippen LogP contribution >= 0.6 is 11.6 Å². The number of nitro groups is 1. The monoisotopic (exact) mass is 404 g/mol. The largest absolute Gasteiger partial charge is 0.452 e. The number of carbonyl (C=O) groups excluding carboxylic acids is 2. The van der Waals surface area contributed by atoms with Gasteiger partial charge in [0.15, 0.2) is 6.61 Å². The van der Waals surface area contributed by atoms with Crippen LogP contribution in [-0.2, 0) is 9.53 Å². The Morgan fingerprint density at radius 1 is 1.04 bits per heavy atom. The van der Waals surface area contributed by atoms with Crippen LogP contribution in [0.2, 0.25) is 5.02 Å². The highest BCUT2D eigenvalue weighted by atomic mass is 35.5. The molecule has 0 atom stereocenters. The second kappa shape index (κ2) is 8.39. The number of ether oxygens (including phenoxy) is 1. The molecule has 0 heterocycles. The second-order valence-corrected chi connectivity index (χ2v) is 6.95. The number of halogens is 1. The lowest BCUT2D eigenvalue weighted by Crippen LogP contribution is -2.22. The van der Waals surface area contributed by atoms with Crippen LogP contribution in [0.4, 0.5) is 11.4 Å². The van der Waals surface area contributed by atoms with Gasteiger partial charge in [0, 0.05) is 11.8 Å². The first kappa shape index (κ1) is 21.4. The minimum atomic E-state index is -0.647. The zero-order chi connectivity index (χ0) is 21.2. The first-order valence-corrected chi connectivity index (χ1v) is 8.90. The molecule has 2 aromatic carbocycles. The van der Waals surface area contributed by atoms with Gasteiger partial charge in [0.05, 0.1) is 10.5 Å². The highest BCUT2D eigenvalue weighted by molar-refractivity contribution is 6.32. The zero-order valence-corrected chi connectivity index (χ0v) is 17.1.